The fourth-order valence-corrected chi connectivity index (χ4v) is 1.45. The number of benzene rings is 1. The summed E-state index contributed by atoms with van der Waals surface area (Å²) in [5.74, 6) is -0.211. The molecule has 0 atom stereocenters. The summed E-state index contributed by atoms with van der Waals surface area (Å²) in [6, 6.07) is 4.47. The highest BCUT2D eigenvalue weighted by atomic mass is 16.6. The van der Waals surface area contributed by atoms with E-state index in [4.69, 9.17) is 10.5 Å². The number of ether oxygens (including phenoxy) is 1. The van der Waals surface area contributed by atoms with E-state index in [2.05, 4.69) is 5.32 Å². The van der Waals surface area contributed by atoms with E-state index in [0.717, 1.165) is 0 Å². The molecule has 7 nitrogen and oxygen atoms in total. The average Bonchev–Trinajstić information content (AvgIpc) is 2.27. The van der Waals surface area contributed by atoms with Crippen LogP contribution in [0.1, 0.15) is 20.3 Å². The standard InChI is InChI=1S/C12H17N3O4/c1-8(2)19-11-7-9(14-6-5-12(13)16)3-4-10(11)15(17)18/h3-4,7-8,14H,5-6H2,1-2H3,(H2,13,16). The van der Waals surface area contributed by atoms with Gasteiger partial charge in [-0.1, -0.05) is 0 Å². The number of nitro benzene ring substituents is 1. The Bertz CT molecular complexity index is 474. The van der Waals surface area contributed by atoms with Gasteiger partial charge in [0.25, 0.3) is 0 Å². The molecule has 0 fully saturated rings. The Morgan fingerprint density at radius 1 is 1.53 bits per heavy atom. The number of primary amides is 1. The molecule has 0 aliphatic rings. The summed E-state index contributed by atoms with van der Waals surface area (Å²) in [4.78, 5) is 21.0. The molecule has 0 bridgehead atoms. The monoisotopic (exact) mass is 267 g/mol. The number of anilines is 1. The number of carbonyl (C=O) groups is 1. The molecule has 3 N–H and O–H groups in total. The van der Waals surface area contributed by atoms with Crippen molar-refractivity contribution in [1.29, 1.82) is 0 Å². The maximum atomic E-state index is 10.9. The van der Waals surface area contributed by atoms with Crippen LogP contribution in [0.15, 0.2) is 18.2 Å². The minimum Gasteiger partial charge on any atom is -0.484 e. The molecule has 19 heavy (non-hydrogen) atoms. The molecular weight excluding hydrogens is 250 g/mol. The van der Waals surface area contributed by atoms with E-state index in [0.29, 0.717) is 12.2 Å². The van der Waals surface area contributed by atoms with Crippen LogP contribution in [0.4, 0.5) is 11.4 Å². The highest BCUT2D eigenvalue weighted by molar-refractivity contribution is 5.74. The minimum atomic E-state index is -0.495. The second kappa shape index (κ2) is 6.58. The van der Waals surface area contributed by atoms with Gasteiger partial charge in [-0.25, -0.2) is 0 Å². The largest absolute Gasteiger partial charge is 0.484 e. The highest BCUT2D eigenvalue weighted by Crippen LogP contribution is 2.30. The van der Waals surface area contributed by atoms with Gasteiger partial charge >= 0.3 is 5.69 Å². The summed E-state index contributed by atoms with van der Waals surface area (Å²) in [5, 5.41) is 13.8. The van der Waals surface area contributed by atoms with E-state index in [1.807, 2.05) is 0 Å². The molecule has 1 aromatic rings. The molecular formula is C12H17N3O4. The lowest BCUT2D eigenvalue weighted by atomic mass is 10.2. The van der Waals surface area contributed by atoms with Crippen molar-refractivity contribution in [3.63, 3.8) is 0 Å². The van der Waals surface area contributed by atoms with Crippen LogP contribution < -0.4 is 15.8 Å². The average molecular weight is 267 g/mol. The van der Waals surface area contributed by atoms with Gasteiger partial charge in [0.05, 0.1) is 11.0 Å². The first-order chi connectivity index (χ1) is 8.90. The lowest BCUT2D eigenvalue weighted by Crippen LogP contribution is -2.16. The van der Waals surface area contributed by atoms with Gasteiger partial charge in [-0.15, -0.1) is 0 Å². The maximum Gasteiger partial charge on any atom is 0.311 e. The zero-order valence-electron chi connectivity index (χ0n) is 10.9. The second-order valence-electron chi connectivity index (χ2n) is 4.25. The quantitative estimate of drug-likeness (QED) is 0.577. The summed E-state index contributed by atoms with van der Waals surface area (Å²) in [5.41, 5.74) is 5.58. The molecule has 0 heterocycles. The number of nitro groups is 1. The lowest BCUT2D eigenvalue weighted by molar-refractivity contribution is -0.386. The van der Waals surface area contributed by atoms with E-state index < -0.39 is 10.8 Å². The number of hydrogen-bond acceptors (Lipinski definition) is 5. The zero-order chi connectivity index (χ0) is 14.4. The van der Waals surface area contributed by atoms with Crippen LogP contribution in [0.25, 0.3) is 0 Å². The van der Waals surface area contributed by atoms with E-state index in [1.54, 1.807) is 26.0 Å². The normalized spacial score (nSPS) is 10.3. The van der Waals surface area contributed by atoms with Gasteiger partial charge in [-0.05, 0) is 19.9 Å². The van der Waals surface area contributed by atoms with Crippen LogP contribution >= 0.6 is 0 Å². The number of rotatable bonds is 7. The molecule has 0 aliphatic heterocycles. The number of hydrogen-bond donors (Lipinski definition) is 2. The van der Waals surface area contributed by atoms with Gasteiger partial charge in [0.15, 0.2) is 5.75 Å². The summed E-state index contributed by atoms with van der Waals surface area (Å²) < 4.78 is 5.40. The van der Waals surface area contributed by atoms with Crippen molar-refractivity contribution in [3.05, 3.63) is 28.3 Å². The summed E-state index contributed by atoms with van der Waals surface area (Å²) >= 11 is 0. The van der Waals surface area contributed by atoms with Crippen LogP contribution in [0.5, 0.6) is 5.75 Å². The molecule has 0 aliphatic carbocycles. The van der Waals surface area contributed by atoms with Gasteiger partial charge in [-0.2, -0.15) is 0 Å². The van der Waals surface area contributed by atoms with Crippen molar-refractivity contribution < 1.29 is 14.5 Å². The third kappa shape index (κ3) is 4.82. The molecule has 104 valence electrons. The topological polar surface area (TPSA) is 107 Å². The first-order valence-electron chi connectivity index (χ1n) is 5.87. The molecule has 0 spiro atoms. The molecule has 0 radical (unpaired) electrons. The zero-order valence-corrected chi connectivity index (χ0v) is 10.9. The summed E-state index contributed by atoms with van der Waals surface area (Å²) in [6.07, 6.45) is 0.0248. The van der Waals surface area contributed by atoms with Crippen molar-refractivity contribution in [3.8, 4) is 5.75 Å². The van der Waals surface area contributed by atoms with Gasteiger partial charge in [0.1, 0.15) is 0 Å². The van der Waals surface area contributed by atoms with Crippen molar-refractivity contribution >= 4 is 17.3 Å². The molecule has 1 amide bonds. The Hall–Kier alpha value is -2.31. The predicted molar refractivity (Wildman–Crippen MR) is 71.2 cm³/mol. The van der Waals surface area contributed by atoms with Gasteiger partial charge in [-0.3, -0.25) is 14.9 Å². The summed E-state index contributed by atoms with van der Waals surface area (Å²) in [7, 11) is 0. The van der Waals surface area contributed by atoms with Crippen LogP contribution in [-0.2, 0) is 4.79 Å². The molecule has 1 rings (SSSR count). The highest BCUT2D eigenvalue weighted by Gasteiger charge is 2.16. The van der Waals surface area contributed by atoms with Crippen LogP contribution in [0.3, 0.4) is 0 Å². The summed E-state index contributed by atoms with van der Waals surface area (Å²) in [6.45, 7) is 3.95. The molecule has 7 heteroatoms. The Morgan fingerprint density at radius 2 is 2.21 bits per heavy atom. The molecule has 0 aromatic heterocycles. The molecule has 1 aromatic carbocycles. The van der Waals surface area contributed by atoms with Gasteiger partial charge in [0, 0.05) is 30.8 Å². The number of amides is 1. The van der Waals surface area contributed by atoms with E-state index in [-0.39, 0.29) is 24.0 Å². The van der Waals surface area contributed by atoms with Crippen LogP contribution in [0.2, 0.25) is 0 Å². The van der Waals surface area contributed by atoms with E-state index in [9.17, 15) is 14.9 Å². The van der Waals surface area contributed by atoms with Crippen molar-refractivity contribution in [2.75, 3.05) is 11.9 Å². The molecule has 0 saturated heterocycles. The number of nitrogens with one attached hydrogen (secondary N) is 1. The van der Waals surface area contributed by atoms with Crippen LogP contribution in [0, 0.1) is 10.1 Å². The number of nitrogens with zero attached hydrogens (tertiary/aromatic N) is 1. The Morgan fingerprint density at radius 3 is 2.74 bits per heavy atom. The number of nitrogens with two attached hydrogens (primary N) is 1. The Labute approximate surface area is 110 Å². The Kier molecular flexibility index (Phi) is 5.11. The molecule has 0 unspecified atom stereocenters. The SMILES string of the molecule is CC(C)Oc1cc(NCCC(N)=O)ccc1[N+](=O)[O-]. The fourth-order valence-electron chi connectivity index (χ4n) is 1.45. The third-order valence-corrected chi connectivity index (χ3v) is 2.22. The maximum absolute atomic E-state index is 10.9. The minimum absolute atomic E-state index is 0.0887. The molecule has 0 saturated carbocycles. The van der Waals surface area contributed by atoms with Crippen molar-refractivity contribution in [2.24, 2.45) is 5.73 Å². The van der Waals surface area contributed by atoms with Crippen molar-refractivity contribution in [2.45, 2.75) is 26.4 Å². The first-order valence-corrected chi connectivity index (χ1v) is 5.87. The van der Waals surface area contributed by atoms with Gasteiger partial charge in [0.2, 0.25) is 5.91 Å². The first kappa shape index (κ1) is 14.7. The number of carbonyl (C=O) groups excluding carboxylic acids is 1. The third-order valence-electron chi connectivity index (χ3n) is 2.22. The van der Waals surface area contributed by atoms with E-state index >= 15 is 0 Å². The predicted octanol–water partition coefficient (Wildman–Crippen LogP) is 1.67. The van der Waals surface area contributed by atoms with Crippen molar-refractivity contribution in [1.82, 2.24) is 0 Å². The smallest absolute Gasteiger partial charge is 0.311 e. The van der Waals surface area contributed by atoms with E-state index in [1.165, 1.54) is 6.07 Å². The second-order valence-corrected chi connectivity index (χ2v) is 4.25. The fraction of sp³-hybridized carbons (Fsp3) is 0.417. The van der Waals surface area contributed by atoms with Crippen LogP contribution in [-0.4, -0.2) is 23.5 Å². The Balaban J connectivity index is 2.85. The van der Waals surface area contributed by atoms with Gasteiger partial charge < -0.3 is 15.8 Å². The lowest BCUT2D eigenvalue weighted by Gasteiger charge is -2.12.